The second kappa shape index (κ2) is 4.10. The first kappa shape index (κ1) is 9.21. The molecule has 0 aliphatic rings. The van der Waals surface area contributed by atoms with Crippen molar-refractivity contribution in [1.82, 2.24) is 0 Å². The van der Waals surface area contributed by atoms with E-state index in [1.165, 1.54) is 12.1 Å². The van der Waals surface area contributed by atoms with E-state index in [1.807, 2.05) is 7.85 Å². The topological polar surface area (TPSA) is 0 Å². The standard InChI is InChI=1S/C6H6BF.Na.H/c7-5-1-3-6(8)4-2-5;;/h1-4H,7H2;;. The molecule has 0 N–H and O–H groups in total. The Morgan fingerprint density at radius 3 is 1.89 bits per heavy atom. The maximum absolute atomic E-state index is 12.1. The number of hydrogen-bond acceptors (Lipinski definition) is 0. The van der Waals surface area contributed by atoms with Gasteiger partial charge in [0.25, 0.3) is 0 Å². The molecule has 0 saturated heterocycles. The van der Waals surface area contributed by atoms with E-state index >= 15 is 0 Å². The van der Waals surface area contributed by atoms with E-state index < -0.39 is 0 Å². The molecule has 0 heterocycles. The molecule has 0 radical (unpaired) electrons. The van der Waals surface area contributed by atoms with E-state index in [-0.39, 0.29) is 35.4 Å². The zero-order valence-electron chi connectivity index (χ0n) is 4.69. The number of halogens is 1. The average molecular weight is 132 g/mol. The van der Waals surface area contributed by atoms with Crippen LogP contribution in [-0.2, 0) is 0 Å². The molecular weight excluding hydrogens is 125 g/mol. The summed E-state index contributed by atoms with van der Waals surface area (Å²) in [5.74, 6) is -0.171. The molecule has 0 aliphatic heterocycles. The quantitative estimate of drug-likeness (QED) is 0.415. The van der Waals surface area contributed by atoms with Gasteiger partial charge in [-0.2, -0.15) is 0 Å². The molecule has 1 rings (SSSR count). The van der Waals surface area contributed by atoms with Crippen LogP contribution in [-0.4, -0.2) is 37.4 Å². The molecule has 0 amide bonds. The Morgan fingerprint density at radius 1 is 1.11 bits per heavy atom. The van der Waals surface area contributed by atoms with E-state index in [9.17, 15) is 4.39 Å². The Bertz CT molecular complexity index is 152. The third kappa shape index (κ3) is 3.04. The fourth-order valence-corrected chi connectivity index (χ4v) is 0.533. The summed E-state index contributed by atoms with van der Waals surface area (Å²) < 4.78 is 12.1. The van der Waals surface area contributed by atoms with Crippen LogP contribution in [0.1, 0.15) is 0 Å². The monoisotopic (exact) mass is 132 g/mol. The van der Waals surface area contributed by atoms with Crippen molar-refractivity contribution in [3.8, 4) is 0 Å². The third-order valence-corrected chi connectivity index (χ3v) is 1.01. The Morgan fingerprint density at radius 2 is 1.56 bits per heavy atom. The second-order valence-corrected chi connectivity index (χ2v) is 1.80. The molecule has 0 fully saturated rings. The molecule has 0 aromatic heterocycles. The number of benzene rings is 1. The minimum absolute atomic E-state index is 0. The Kier molecular flexibility index (Phi) is 4.20. The normalized spacial score (nSPS) is 8.11. The second-order valence-electron chi connectivity index (χ2n) is 1.80. The predicted molar refractivity (Wildman–Crippen MR) is 41.7 cm³/mol. The van der Waals surface area contributed by atoms with Gasteiger partial charge < -0.3 is 0 Å². The van der Waals surface area contributed by atoms with Gasteiger partial charge in [0.1, 0.15) is 13.7 Å². The van der Waals surface area contributed by atoms with Crippen molar-refractivity contribution in [3.05, 3.63) is 30.1 Å². The summed E-state index contributed by atoms with van der Waals surface area (Å²) in [5.41, 5.74) is 1.09. The maximum atomic E-state index is 12.1. The zero-order chi connectivity index (χ0) is 5.98. The molecule has 0 nitrogen and oxygen atoms in total. The summed E-state index contributed by atoms with van der Waals surface area (Å²) >= 11 is 0. The van der Waals surface area contributed by atoms with Crippen LogP contribution in [0, 0.1) is 5.82 Å². The van der Waals surface area contributed by atoms with E-state index in [0.717, 1.165) is 5.46 Å². The van der Waals surface area contributed by atoms with Gasteiger partial charge in [0, 0.05) is 0 Å². The van der Waals surface area contributed by atoms with Crippen LogP contribution in [0.15, 0.2) is 24.3 Å². The third-order valence-electron chi connectivity index (χ3n) is 1.01. The van der Waals surface area contributed by atoms with E-state index in [4.69, 9.17) is 0 Å². The fourth-order valence-electron chi connectivity index (χ4n) is 0.533. The van der Waals surface area contributed by atoms with Crippen molar-refractivity contribution in [2.75, 3.05) is 0 Å². The predicted octanol–water partition coefficient (Wildman–Crippen LogP) is -0.564. The van der Waals surface area contributed by atoms with Crippen LogP contribution < -0.4 is 5.46 Å². The van der Waals surface area contributed by atoms with Gasteiger partial charge in [-0.15, -0.1) is 0 Å². The summed E-state index contributed by atoms with van der Waals surface area (Å²) in [6, 6.07) is 6.40. The molecular formula is C6H7BFNa. The van der Waals surface area contributed by atoms with Crippen molar-refractivity contribution >= 4 is 42.9 Å². The molecule has 0 aliphatic carbocycles. The number of hydrogen-bond donors (Lipinski definition) is 0. The SMILES string of the molecule is Bc1ccc(F)cc1.[NaH]. The van der Waals surface area contributed by atoms with E-state index in [0.29, 0.717) is 0 Å². The molecule has 1 aromatic carbocycles. The van der Waals surface area contributed by atoms with Crippen molar-refractivity contribution in [3.63, 3.8) is 0 Å². The van der Waals surface area contributed by atoms with Crippen LogP contribution in [0.2, 0.25) is 0 Å². The molecule has 9 heavy (non-hydrogen) atoms. The summed E-state index contributed by atoms with van der Waals surface area (Å²) in [4.78, 5) is 0. The first-order valence-corrected chi connectivity index (χ1v) is 2.51. The van der Waals surface area contributed by atoms with Crippen molar-refractivity contribution in [2.24, 2.45) is 0 Å². The van der Waals surface area contributed by atoms with Crippen LogP contribution in [0.5, 0.6) is 0 Å². The van der Waals surface area contributed by atoms with Crippen molar-refractivity contribution < 1.29 is 4.39 Å². The van der Waals surface area contributed by atoms with Gasteiger partial charge in [-0.1, -0.05) is 17.6 Å². The molecule has 0 unspecified atom stereocenters. The molecule has 0 bridgehead atoms. The summed E-state index contributed by atoms with van der Waals surface area (Å²) in [5, 5.41) is 0. The van der Waals surface area contributed by atoms with Gasteiger partial charge in [-0.05, 0) is 12.1 Å². The Balaban J connectivity index is 0.000000640. The van der Waals surface area contributed by atoms with Crippen LogP contribution >= 0.6 is 0 Å². The van der Waals surface area contributed by atoms with Crippen LogP contribution in [0.25, 0.3) is 0 Å². The molecule has 3 heteroatoms. The van der Waals surface area contributed by atoms with Gasteiger partial charge in [0.05, 0.1) is 0 Å². The van der Waals surface area contributed by atoms with Gasteiger partial charge in [0.15, 0.2) is 0 Å². The first-order chi connectivity index (χ1) is 3.79. The van der Waals surface area contributed by atoms with Crippen LogP contribution in [0.4, 0.5) is 4.39 Å². The molecule has 42 valence electrons. The molecule has 0 spiro atoms. The van der Waals surface area contributed by atoms with Gasteiger partial charge in [-0.25, -0.2) is 4.39 Å². The number of rotatable bonds is 0. The minimum atomic E-state index is -0.171. The Labute approximate surface area is 77.2 Å². The molecule has 1 aromatic rings. The van der Waals surface area contributed by atoms with Gasteiger partial charge in [0.2, 0.25) is 0 Å². The first-order valence-electron chi connectivity index (χ1n) is 2.51. The fraction of sp³-hybridized carbons (Fsp3) is 0. The van der Waals surface area contributed by atoms with Crippen LogP contribution in [0.3, 0.4) is 0 Å². The molecule has 0 atom stereocenters. The summed E-state index contributed by atoms with van der Waals surface area (Å²) in [6.45, 7) is 0. The summed E-state index contributed by atoms with van der Waals surface area (Å²) in [6.07, 6.45) is 0. The average Bonchev–Trinajstić information content (AvgIpc) is 1.77. The van der Waals surface area contributed by atoms with Gasteiger partial charge >= 0.3 is 29.6 Å². The molecule has 0 saturated carbocycles. The van der Waals surface area contributed by atoms with Crippen molar-refractivity contribution in [1.29, 1.82) is 0 Å². The van der Waals surface area contributed by atoms with Crippen molar-refractivity contribution in [2.45, 2.75) is 0 Å². The Hall–Kier alpha value is 0.215. The van der Waals surface area contributed by atoms with E-state index in [1.54, 1.807) is 12.1 Å². The van der Waals surface area contributed by atoms with Gasteiger partial charge in [-0.3, -0.25) is 0 Å². The van der Waals surface area contributed by atoms with E-state index in [2.05, 4.69) is 0 Å². The summed E-state index contributed by atoms with van der Waals surface area (Å²) in [7, 11) is 1.93. The zero-order valence-corrected chi connectivity index (χ0v) is 4.69.